The molecule has 0 aromatic carbocycles. The van der Waals surface area contributed by atoms with Crippen molar-refractivity contribution in [2.75, 3.05) is 32.8 Å². The minimum Gasteiger partial charge on any atom is -0.381 e. The predicted molar refractivity (Wildman–Crippen MR) is 69.0 cm³/mol. The molecule has 18 heavy (non-hydrogen) atoms. The van der Waals surface area contributed by atoms with Gasteiger partial charge in [-0.25, -0.2) is 0 Å². The van der Waals surface area contributed by atoms with Crippen molar-refractivity contribution in [3.63, 3.8) is 0 Å². The second-order valence-electron chi connectivity index (χ2n) is 6.43. The van der Waals surface area contributed by atoms with Gasteiger partial charge in [0.15, 0.2) is 0 Å². The summed E-state index contributed by atoms with van der Waals surface area (Å²) < 4.78 is 5.45. The van der Waals surface area contributed by atoms with Gasteiger partial charge in [0.2, 0.25) is 5.91 Å². The summed E-state index contributed by atoms with van der Waals surface area (Å²) in [5.74, 6) is 0.333. The average Bonchev–Trinajstić information content (AvgIpc) is 2.73. The molecule has 2 N–H and O–H groups in total. The highest BCUT2D eigenvalue weighted by Gasteiger charge is 2.49. The summed E-state index contributed by atoms with van der Waals surface area (Å²) in [6.07, 6.45) is 6.54. The van der Waals surface area contributed by atoms with Crippen molar-refractivity contribution >= 4 is 5.91 Å². The Balaban J connectivity index is 1.66. The first-order valence-electron chi connectivity index (χ1n) is 7.27. The number of carbonyl (C=O) groups excluding carboxylic acids is 1. The summed E-state index contributed by atoms with van der Waals surface area (Å²) in [6.45, 7) is 4.13. The van der Waals surface area contributed by atoms with Crippen molar-refractivity contribution in [2.45, 2.75) is 38.5 Å². The summed E-state index contributed by atoms with van der Waals surface area (Å²) in [4.78, 5) is 14.7. The molecule has 0 radical (unpaired) electrons. The summed E-state index contributed by atoms with van der Waals surface area (Å²) >= 11 is 0. The van der Waals surface area contributed by atoms with Gasteiger partial charge in [0.25, 0.3) is 0 Å². The molecule has 1 spiro atoms. The minimum atomic E-state index is -0.198. The lowest BCUT2D eigenvalue weighted by Crippen LogP contribution is -2.51. The number of nitrogens with zero attached hydrogens (tertiary/aromatic N) is 1. The second kappa shape index (κ2) is 4.49. The lowest BCUT2D eigenvalue weighted by atomic mass is 9.68. The van der Waals surface area contributed by atoms with Crippen LogP contribution in [-0.4, -0.2) is 43.7 Å². The molecule has 2 saturated heterocycles. The van der Waals surface area contributed by atoms with Crippen molar-refractivity contribution < 1.29 is 9.53 Å². The van der Waals surface area contributed by atoms with Crippen LogP contribution in [0.5, 0.6) is 0 Å². The predicted octanol–water partition coefficient (Wildman–Crippen LogP) is 1.14. The Morgan fingerprint density at radius 1 is 1.17 bits per heavy atom. The van der Waals surface area contributed by atoms with Crippen LogP contribution in [0.1, 0.15) is 38.5 Å². The standard InChI is InChI=1S/C14H24N2O2/c15-10-14(2-1-3-14)12(17)16-7-4-13(11-16)5-8-18-9-6-13/h1-11,15H2. The molecule has 1 aliphatic carbocycles. The summed E-state index contributed by atoms with van der Waals surface area (Å²) in [5.41, 5.74) is 6.00. The molecule has 4 heteroatoms. The summed E-state index contributed by atoms with van der Waals surface area (Å²) in [5, 5.41) is 0. The van der Waals surface area contributed by atoms with Crippen LogP contribution < -0.4 is 5.73 Å². The smallest absolute Gasteiger partial charge is 0.230 e. The van der Waals surface area contributed by atoms with E-state index in [-0.39, 0.29) is 5.41 Å². The third-order valence-corrected chi connectivity index (χ3v) is 5.43. The fourth-order valence-corrected chi connectivity index (χ4v) is 3.77. The van der Waals surface area contributed by atoms with Crippen LogP contribution in [0.15, 0.2) is 0 Å². The Morgan fingerprint density at radius 2 is 1.89 bits per heavy atom. The van der Waals surface area contributed by atoms with Crippen LogP contribution in [-0.2, 0) is 9.53 Å². The number of hydrogen-bond donors (Lipinski definition) is 1. The van der Waals surface area contributed by atoms with Crippen molar-refractivity contribution in [2.24, 2.45) is 16.6 Å². The SMILES string of the molecule is NCC1(C(=O)N2CCC3(CCOCC3)C2)CCC1. The van der Waals surface area contributed by atoms with E-state index < -0.39 is 0 Å². The quantitative estimate of drug-likeness (QED) is 0.802. The van der Waals surface area contributed by atoms with E-state index >= 15 is 0 Å². The van der Waals surface area contributed by atoms with E-state index in [2.05, 4.69) is 4.90 Å². The molecule has 4 nitrogen and oxygen atoms in total. The lowest BCUT2D eigenvalue weighted by Gasteiger charge is -2.42. The van der Waals surface area contributed by atoms with Gasteiger partial charge >= 0.3 is 0 Å². The van der Waals surface area contributed by atoms with Crippen LogP contribution in [0.25, 0.3) is 0 Å². The van der Waals surface area contributed by atoms with Crippen molar-refractivity contribution in [3.8, 4) is 0 Å². The molecule has 3 fully saturated rings. The van der Waals surface area contributed by atoms with E-state index in [1.54, 1.807) is 0 Å². The van der Waals surface area contributed by atoms with Gasteiger partial charge in [-0.05, 0) is 37.5 Å². The number of likely N-dealkylation sites (tertiary alicyclic amines) is 1. The number of rotatable bonds is 2. The molecule has 0 aromatic heterocycles. The summed E-state index contributed by atoms with van der Waals surface area (Å²) in [6, 6.07) is 0. The van der Waals surface area contributed by atoms with Crippen LogP contribution >= 0.6 is 0 Å². The van der Waals surface area contributed by atoms with E-state index in [9.17, 15) is 4.79 Å². The zero-order valence-corrected chi connectivity index (χ0v) is 11.1. The monoisotopic (exact) mass is 252 g/mol. The number of carbonyl (C=O) groups is 1. The normalized spacial score (nSPS) is 29.3. The largest absolute Gasteiger partial charge is 0.381 e. The number of amides is 1. The maximum atomic E-state index is 12.6. The Labute approximate surface area is 109 Å². The molecule has 0 atom stereocenters. The lowest BCUT2D eigenvalue weighted by molar-refractivity contribution is -0.146. The molecule has 1 saturated carbocycles. The molecule has 102 valence electrons. The first-order chi connectivity index (χ1) is 8.70. The maximum absolute atomic E-state index is 12.6. The highest BCUT2D eigenvalue weighted by atomic mass is 16.5. The van der Waals surface area contributed by atoms with Gasteiger partial charge in [0, 0.05) is 32.8 Å². The Bertz CT molecular complexity index is 327. The highest BCUT2D eigenvalue weighted by Crippen LogP contribution is 2.45. The molecule has 1 amide bonds. The molecule has 0 bridgehead atoms. The molecule has 3 rings (SSSR count). The number of ether oxygens (including phenoxy) is 1. The fourth-order valence-electron chi connectivity index (χ4n) is 3.77. The van der Waals surface area contributed by atoms with Crippen LogP contribution in [0, 0.1) is 10.8 Å². The zero-order valence-electron chi connectivity index (χ0n) is 11.1. The van der Waals surface area contributed by atoms with Gasteiger partial charge in [-0.15, -0.1) is 0 Å². The Morgan fingerprint density at radius 3 is 2.44 bits per heavy atom. The average molecular weight is 252 g/mol. The van der Waals surface area contributed by atoms with Crippen molar-refractivity contribution in [1.82, 2.24) is 4.90 Å². The first-order valence-corrected chi connectivity index (χ1v) is 7.27. The van der Waals surface area contributed by atoms with Crippen molar-refractivity contribution in [1.29, 1.82) is 0 Å². The van der Waals surface area contributed by atoms with E-state index in [0.717, 1.165) is 64.8 Å². The molecular weight excluding hydrogens is 228 g/mol. The molecule has 0 unspecified atom stereocenters. The van der Waals surface area contributed by atoms with Gasteiger partial charge in [-0.1, -0.05) is 6.42 Å². The van der Waals surface area contributed by atoms with E-state index in [1.807, 2.05) is 0 Å². The highest BCUT2D eigenvalue weighted by molar-refractivity contribution is 5.84. The Hall–Kier alpha value is -0.610. The van der Waals surface area contributed by atoms with E-state index in [1.165, 1.54) is 0 Å². The molecule has 0 aromatic rings. The molecule has 3 aliphatic rings. The van der Waals surface area contributed by atoms with E-state index in [4.69, 9.17) is 10.5 Å². The fraction of sp³-hybridized carbons (Fsp3) is 0.929. The molecular formula is C14H24N2O2. The second-order valence-corrected chi connectivity index (χ2v) is 6.43. The third kappa shape index (κ3) is 1.86. The van der Waals surface area contributed by atoms with Gasteiger partial charge in [0.1, 0.15) is 0 Å². The molecule has 2 aliphatic heterocycles. The maximum Gasteiger partial charge on any atom is 0.230 e. The molecule has 2 heterocycles. The first kappa shape index (κ1) is 12.4. The van der Waals surface area contributed by atoms with Gasteiger partial charge in [-0.3, -0.25) is 4.79 Å². The number of nitrogens with two attached hydrogens (primary N) is 1. The van der Waals surface area contributed by atoms with Gasteiger partial charge in [0.05, 0.1) is 5.41 Å². The minimum absolute atomic E-state index is 0.198. The van der Waals surface area contributed by atoms with Gasteiger partial charge in [-0.2, -0.15) is 0 Å². The van der Waals surface area contributed by atoms with Crippen molar-refractivity contribution in [3.05, 3.63) is 0 Å². The third-order valence-electron chi connectivity index (χ3n) is 5.43. The Kier molecular flexibility index (Phi) is 3.10. The summed E-state index contributed by atoms with van der Waals surface area (Å²) in [7, 11) is 0. The topological polar surface area (TPSA) is 55.6 Å². The van der Waals surface area contributed by atoms with E-state index in [0.29, 0.717) is 17.9 Å². The van der Waals surface area contributed by atoms with Gasteiger partial charge < -0.3 is 15.4 Å². The van der Waals surface area contributed by atoms with Crippen LogP contribution in [0.2, 0.25) is 0 Å². The van der Waals surface area contributed by atoms with Crippen LogP contribution in [0.4, 0.5) is 0 Å². The number of hydrogen-bond acceptors (Lipinski definition) is 3. The zero-order chi connectivity index (χ0) is 12.6. The van der Waals surface area contributed by atoms with Crippen LogP contribution in [0.3, 0.4) is 0 Å².